The van der Waals surface area contributed by atoms with E-state index in [4.69, 9.17) is 0 Å². The van der Waals surface area contributed by atoms with Crippen molar-refractivity contribution in [3.05, 3.63) is 34.4 Å². The molecule has 1 aromatic carbocycles. The Balaban J connectivity index is 2.15. The summed E-state index contributed by atoms with van der Waals surface area (Å²) in [5.74, 6) is 2.93. The quantitative estimate of drug-likeness (QED) is 0.814. The summed E-state index contributed by atoms with van der Waals surface area (Å²) >= 11 is 1.91. The number of aryl methyl sites for hydroxylation is 3. The van der Waals surface area contributed by atoms with Gasteiger partial charge in [-0.15, -0.1) is 0 Å². The minimum atomic E-state index is 0.306. The number of ketones is 1. The highest BCUT2D eigenvalue weighted by atomic mass is 32.2. The first-order valence-electron chi connectivity index (χ1n) is 6.25. The van der Waals surface area contributed by atoms with Gasteiger partial charge in [-0.1, -0.05) is 17.7 Å². The Hall–Kier alpha value is -0.760. The maximum Gasteiger partial charge on any atom is 0.141 e. The lowest BCUT2D eigenvalue weighted by molar-refractivity contribution is -0.121. The van der Waals surface area contributed by atoms with Crippen LogP contribution in [0.1, 0.15) is 28.7 Å². The number of rotatable bonds is 3. The Bertz CT molecular complexity index is 408. The van der Waals surface area contributed by atoms with Gasteiger partial charge in [0.1, 0.15) is 5.78 Å². The molecule has 1 aliphatic heterocycles. The van der Waals surface area contributed by atoms with Gasteiger partial charge in [-0.05, 0) is 49.6 Å². The second kappa shape index (κ2) is 5.26. The molecule has 0 spiro atoms. The van der Waals surface area contributed by atoms with E-state index in [1.54, 1.807) is 0 Å². The molecule has 0 bridgehead atoms. The van der Waals surface area contributed by atoms with Gasteiger partial charge < -0.3 is 0 Å². The third-order valence-electron chi connectivity index (χ3n) is 3.58. The van der Waals surface area contributed by atoms with Crippen molar-refractivity contribution in [1.29, 1.82) is 0 Å². The van der Waals surface area contributed by atoms with Crippen molar-refractivity contribution in [1.82, 2.24) is 0 Å². The van der Waals surface area contributed by atoms with Crippen LogP contribution in [0.3, 0.4) is 0 Å². The van der Waals surface area contributed by atoms with Crippen LogP contribution in [0.15, 0.2) is 12.1 Å². The van der Waals surface area contributed by atoms with Crippen LogP contribution in [0.2, 0.25) is 0 Å². The van der Waals surface area contributed by atoms with Crippen molar-refractivity contribution in [2.75, 3.05) is 11.5 Å². The fourth-order valence-corrected chi connectivity index (χ4v) is 3.85. The fourth-order valence-electron chi connectivity index (χ4n) is 2.60. The molecule has 2 rings (SSSR count). The predicted octanol–water partition coefficient (Wildman–Crippen LogP) is 3.48. The Labute approximate surface area is 108 Å². The van der Waals surface area contributed by atoms with Crippen molar-refractivity contribution < 1.29 is 4.79 Å². The van der Waals surface area contributed by atoms with Gasteiger partial charge in [-0.25, -0.2) is 0 Å². The fraction of sp³-hybridized carbons (Fsp3) is 0.533. The highest BCUT2D eigenvalue weighted by Crippen LogP contribution is 2.26. The van der Waals surface area contributed by atoms with Crippen LogP contribution in [0.25, 0.3) is 0 Å². The van der Waals surface area contributed by atoms with Gasteiger partial charge >= 0.3 is 0 Å². The Morgan fingerprint density at radius 3 is 2.47 bits per heavy atom. The summed E-state index contributed by atoms with van der Waals surface area (Å²) in [7, 11) is 0. The molecule has 0 amide bonds. The predicted molar refractivity (Wildman–Crippen MR) is 74.8 cm³/mol. The van der Waals surface area contributed by atoms with Crippen LogP contribution in [0.5, 0.6) is 0 Å². The highest BCUT2D eigenvalue weighted by molar-refractivity contribution is 7.99. The van der Waals surface area contributed by atoms with Gasteiger partial charge in [0.05, 0.1) is 0 Å². The molecule has 17 heavy (non-hydrogen) atoms. The number of hydrogen-bond donors (Lipinski definition) is 0. The first kappa shape index (κ1) is 12.7. The highest BCUT2D eigenvalue weighted by Gasteiger charge is 2.23. The molecule has 2 heteroatoms. The van der Waals surface area contributed by atoms with Crippen LogP contribution < -0.4 is 0 Å². The van der Waals surface area contributed by atoms with Crippen LogP contribution in [-0.4, -0.2) is 17.3 Å². The van der Waals surface area contributed by atoms with Crippen molar-refractivity contribution in [2.24, 2.45) is 5.92 Å². The molecule has 1 unspecified atom stereocenters. The lowest BCUT2D eigenvalue weighted by Crippen LogP contribution is -2.17. The summed E-state index contributed by atoms with van der Waals surface area (Å²) in [6.45, 7) is 6.34. The molecule has 1 aromatic rings. The molecule has 1 aliphatic rings. The molecule has 0 N–H and O–H groups in total. The van der Waals surface area contributed by atoms with Gasteiger partial charge in [-0.2, -0.15) is 11.8 Å². The molecule has 0 radical (unpaired) electrons. The van der Waals surface area contributed by atoms with Gasteiger partial charge in [-0.3, -0.25) is 4.79 Å². The number of carbonyl (C=O) groups excluding carboxylic acids is 1. The van der Waals surface area contributed by atoms with Crippen molar-refractivity contribution in [2.45, 2.75) is 33.6 Å². The topological polar surface area (TPSA) is 17.1 Å². The summed E-state index contributed by atoms with van der Waals surface area (Å²) in [4.78, 5) is 12.2. The lowest BCUT2D eigenvalue weighted by Gasteiger charge is -2.13. The molecule has 0 aromatic heterocycles. The number of thioether (sulfide) groups is 1. The zero-order chi connectivity index (χ0) is 12.4. The van der Waals surface area contributed by atoms with Crippen LogP contribution in [0, 0.1) is 26.7 Å². The molecule has 1 fully saturated rings. The number of carbonyl (C=O) groups is 1. The van der Waals surface area contributed by atoms with Crippen molar-refractivity contribution in [3.8, 4) is 0 Å². The zero-order valence-electron chi connectivity index (χ0n) is 10.9. The average molecular weight is 248 g/mol. The molecular formula is C15H20OS. The summed E-state index contributed by atoms with van der Waals surface area (Å²) in [5.41, 5.74) is 5.06. The molecule has 0 saturated carbocycles. The summed E-state index contributed by atoms with van der Waals surface area (Å²) in [6.07, 6.45) is 1.70. The minimum Gasteiger partial charge on any atom is -0.299 e. The first-order chi connectivity index (χ1) is 8.08. The van der Waals surface area contributed by atoms with Crippen LogP contribution in [-0.2, 0) is 11.2 Å². The van der Waals surface area contributed by atoms with E-state index >= 15 is 0 Å². The number of benzene rings is 1. The average Bonchev–Trinajstić information content (AvgIpc) is 2.76. The third kappa shape index (κ3) is 2.92. The van der Waals surface area contributed by atoms with E-state index in [2.05, 4.69) is 32.9 Å². The van der Waals surface area contributed by atoms with E-state index in [-0.39, 0.29) is 0 Å². The molecule has 1 saturated heterocycles. The van der Waals surface area contributed by atoms with E-state index in [0.29, 0.717) is 18.1 Å². The standard InChI is InChI=1S/C15H20OS/c1-10-6-11(2)14(12(3)7-10)8-15(16)13-4-5-17-9-13/h6-7,13H,4-5,8-9H2,1-3H3. The minimum absolute atomic E-state index is 0.306. The second-order valence-corrected chi connectivity index (χ2v) is 6.23. The Morgan fingerprint density at radius 1 is 1.29 bits per heavy atom. The molecular weight excluding hydrogens is 228 g/mol. The Kier molecular flexibility index (Phi) is 3.93. The maximum atomic E-state index is 12.2. The first-order valence-corrected chi connectivity index (χ1v) is 7.40. The van der Waals surface area contributed by atoms with E-state index in [0.717, 1.165) is 17.9 Å². The van der Waals surface area contributed by atoms with Gasteiger partial charge in [0.15, 0.2) is 0 Å². The number of Topliss-reactive ketones (excluding diaryl/α,β-unsaturated/α-hetero) is 1. The van der Waals surface area contributed by atoms with Crippen molar-refractivity contribution >= 4 is 17.5 Å². The van der Waals surface area contributed by atoms with Crippen LogP contribution >= 0.6 is 11.8 Å². The van der Waals surface area contributed by atoms with Gasteiger partial charge in [0.25, 0.3) is 0 Å². The normalized spacial score (nSPS) is 19.6. The van der Waals surface area contributed by atoms with Gasteiger partial charge in [0.2, 0.25) is 0 Å². The monoisotopic (exact) mass is 248 g/mol. The smallest absolute Gasteiger partial charge is 0.141 e. The molecule has 0 aliphatic carbocycles. The van der Waals surface area contributed by atoms with E-state index < -0.39 is 0 Å². The molecule has 1 atom stereocenters. The van der Waals surface area contributed by atoms with E-state index in [1.165, 1.54) is 22.3 Å². The Morgan fingerprint density at radius 2 is 1.94 bits per heavy atom. The zero-order valence-corrected chi connectivity index (χ0v) is 11.7. The largest absolute Gasteiger partial charge is 0.299 e. The van der Waals surface area contributed by atoms with E-state index in [9.17, 15) is 4.79 Å². The van der Waals surface area contributed by atoms with Crippen molar-refractivity contribution in [3.63, 3.8) is 0 Å². The number of hydrogen-bond acceptors (Lipinski definition) is 2. The van der Waals surface area contributed by atoms with Gasteiger partial charge in [0, 0.05) is 18.1 Å². The lowest BCUT2D eigenvalue weighted by atomic mass is 9.91. The third-order valence-corrected chi connectivity index (χ3v) is 4.74. The van der Waals surface area contributed by atoms with E-state index in [1.807, 2.05) is 11.8 Å². The van der Waals surface area contributed by atoms with Crippen LogP contribution in [0.4, 0.5) is 0 Å². The summed E-state index contributed by atoms with van der Waals surface area (Å²) in [6, 6.07) is 4.36. The summed E-state index contributed by atoms with van der Waals surface area (Å²) < 4.78 is 0. The maximum absolute atomic E-state index is 12.2. The SMILES string of the molecule is Cc1cc(C)c(CC(=O)C2CCSC2)c(C)c1. The molecule has 92 valence electrons. The second-order valence-electron chi connectivity index (χ2n) is 5.08. The summed E-state index contributed by atoms with van der Waals surface area (Å²) in [5, 5.41) is 0. The molecule has 1 nitrogen and oxygen atoms in total. The molecule has 1 heterocycles.